The highest BCUT2D eigenvalue weighted by molar-refractivity contribution is 5.70. The van der Waals surface area contributed by atoms with Crippen LogP contribution in [0.5, 0.6) is 0 Å². The van der Waals surface area contributed by atoms with Crippen molar-refractivity contribution in [2.75, 3.05) is 46.5 Å². The molecule has 0 bridgehead atoms. The van der Waals surface area contributed by atoms with Gasteiger partial charge in [-0.15, -0.1) is 0 Å². The molecule has 0 saturated carbocycles. The number of rotatable bonds is 6. The molecule has 0 amide bonds. The normalized spacial score (nSPS) is 26.2. The van der Waals surface area contributed by atoms with Gasteiger partial charge in [-0.3, -0.25) is 9.80 Å². The molecule has 2 unspecified atom stereocenters. The average molecular weight is 258 g/mol. The summed E-state index contributed by atoms with van der Waals surface area (Å²) in [5.74, 6) is -0.280. The van der Waals surface area contributed by atoms with Gasteiger partial charge in [0.1, 0.15) is 6.61 Å². The van der Waals surface area contributed by atoms with Crippen LogP contribution in [0.15, 0.2) is 0 Å². The minimum absolute atomic E-state index is 0.0622. The molecule has 0 aromatic rings. The topological polar surface area (TPSA) is 42.0 Å². The average Bonchev–Trinajstić information content (AvgIpc) is 2.32. The molecule has 0 spiro atoms. The summed E-state index contributed by atoms with van der Waals surface area (Å²) in [5.41, 5.74) is 0. The Kier molecular flexibility index (Phi) is 6.60. The minimum Gasteiger partial charge on any atom is -0.464 e. The zero-order chi connectivity index (χ0) is 13.5. The van der Waals surface area contributed by atoms with Crippen LogP contribution in [0.3, 0.4) is 0 Å². The first-order valence-electron chi connectivity index (χ1n) is 6.72. The summed E-state index contributed by atoms with van der Waals surface area (Å²) >= 11 is 0. The molecule has 0 aromatic carbocycles. The van der Waals surface area contributed by atoms with E-state index in [4.69, 9.17) is 9.47 Å². The summed E-state index contributed by atoms with van der Waals surface area (Å²) in [7, 11) is 2.17. The molecule has 0 radical (unpaired) electrons. The molecule has 0 aliphatic carbocycles. The smallest absolute Gasteiger partial charge is 0.332 e. The van der Waals surface area contributed by atoms with E-state index in [2.05, 4.69) is 30.7 Å². The number of carbonyl (C=O) groups is 1. The zero-order valence-corrected chi connectivity index (χ0v) is 12.0. The van der Waals surface area contributed by atoms with Crippen molar-refractivity contribution < 1.29 is 14.3 Å². The van der Waals surface area contributed by atoms with Crippen LogP contribution in [0.2, 0.25) is 0 Å². The molecule has 0 N–H and O–H groups in total. The van der Waals surface area contributed by atoms with E-state index in [0.717, 1.165) is 19.6 Å². The van der Waals surface area contributed by atoms with Crippen molar-refractivity contribution >= 4 is 5.97 Å². The van der Waals surface area contributed by atoms with Gasteiger partial charge in [0.25, 0.3) is 0 Å². The fraction of sp³-hybridized carbons (Fsp3) is 0.923. The fourth-order valence-corrected chi connectivity index (χ4v) is 2.25. The molecule has 0 aromatic heterocycles. The van der Waals surface area contributed by atoms with Crippen LogP contribution >= 0.6 is 0 Å². The summed E-state index contributed by atoms with van der Waals surface area (Å²) < 4.78 is 10.1. The first kappa shape index (κ1) is 15.4. The van der Waals surface area contributed by atoms with Gasteiger partial charge in [0.05, 0.1) is 13.2 Å². The Morgan fingerprint density at radius 1 is 1.28 bits per heavy atom. The van der Waals surface area contributed by atoms with Crippen LogP contribution < -0.4 is 0 Å². The van der Waals surface area contributed by atoms with Crippen LogP contribution in [0.1, 0.15) is 20.8 Å². The van der Waals surface area contributed by atoms with Gasteiger partial charge in [-0.1, -0.05) is 0 Å². The third-order valence-corrected chi connectivity index (χ3v) is 3.51. The van der Waals surface area contributed by atoms with E-state index >= 15 is 0 Å². The maximum Gasteiger partial charge on any atom is 0.332 e. The Bertz CT molecular complexity index is 249. The van der Waals surface area contributed by atoms with Crippen molar-refractivity contribution in [2.24, 2.45) is 0 Å². The first-order chi connectivity index (χ1) is 8.54. The number of carbonyl (C=O) groups excluding carboxylic acids is 1. The lowest BCUT2D eigenvalue weighted by Gasteiger charge is -2.42. The highest BCUT2D eigenvalue weighted by Gasteiger charge is 2.25. The molecule has 2 atom stereocenters. The zero-order valence-electron chi connectivity index (χ0n) is 12.0. The quantitative estimate of drug-likeness (QED) is 0.515. The third-order valence-electron chi connectivity index (χ3n) is 3.51. The standard InChI is InChI=1S/C13H26N2O3/c1-5-18-13(16)10-17-7-6-15-8-11(2)14(4)12(3)9-15/h11-12H,5-10H2,1-4H3. The van der Waals surface area contributed by atoms with E-state index in [9.17, 15) is 4.79 Å². The lowest BCUT2D eigenvalue weighted by atomic mass is 10.1. The van der Waals surface area contributed by atoms with Crippen molar-refractivity contribution in [3.63, 3.8) is 0 Å². The van der Waals surface area contributed by atoms with Crippen molar-refractivity contribution in [3.8, 4) is 0 Å². The predicted molar refractivity (Wildman–Crippen MR) is 70.6 cm³/mol. The van der Waals surface area contributed by atoms with E-state index in [1.54, 1.807) is 6.92 Å². The molecule has 1 aliphatic heterocycles. The number of esters is 1. The summed E-state index contributed by atoms with van der Waals surface area (Å²) in [4.78, 5) is 15.9. The van der Waals surface area contributed by atoms with Gasteiger partial charge in [-0.25, -0.2) is 4.79 Å². The van der Waals surface area contributed by atoms with Crippen molar-refractivity contribution in [3.05, 3.63) is 0 Å². The van der Waals surface area contributed by atoms with Gasteiger partial charge in [0.15, 0.2) is 0 Å². The monoisotopic (exact) mass is 258 g/mol. The summed E-state index contributed by atoms with van der Waals surface area (Å²) in [5, 5.41) is 0. The molecule has 1 heterocycles. The van der Waals surface area contributed by atoms with Crippen molar-refractivity contribution in [1.29, 1.82) is 0 Å². The highest BCUT2D eigenvalue weighted by atomic mass is 16.6. The molecule has 5 heteroatoms. The number of hydrogen-bond acceptors (Lipinski definition) is 5. The van der Waals surface area contributed by atoms with Gasteiger partial charge in [-0.05, 0) is 27.8 Å². The number of ether oxygens (including phenoxy) is 2. The summed E-state index contributed by atoms with van der Waals surface area (Å²) in [6.07, 6.45) is 0. The Morgan fingerprint density at radius 3 is 2.44 bits per heavy atom. The van der Waals surface area contributed by atoms with E-state index in [-0.39, 0.29) is 12.6 Å². The first-order valence-corrected chi connectivity index (χ1v) is 6.72. The van der Waals surface area contributed by atoms with Gasteiger partial charge < -0.3 is 9.47 Å². The Morgan fingerprint density at radius 2 is 1.89 bits per heavy atom. The maximum atomic E-state index is 11.1. The van der Waals surface area contributed by atoms with Crippen LogP contribution in [0.4, 0.5) is 0 Å². The fourth-order valence-electron chi connectivity index (χ4n) is 2.25. The number of piperazine rings is 1. The Balaban J connectivity index is 2.14. The van der Waals surface area contributed by atoms with Gasteiger partial charge >= 0.3 is 5.97 Å². The van der Waals surface area contributed by atoms with Crippen molar-refractivity contribution in [2.45, 2.75) is 32.9 Å². The molecular weight excluding hydrogens is 232 g/mol. The molecule has 106 valence electrons. The lowest BCUT2D eigenvalue weighted by molar-refractivity contribution is -0.148. The Labute approximate surface area is 110 Å². The van der Waals surface area contributed by atoms with E-state index in [1.165, 1.54) is 0 Å². The second kappa shape index (κ2) is 7.71. The molecule has 18 heavy (non-hydrogen) atoms. The number of nitrogens with zero attached hydrogens (tertiary/aromatic N) is 2. The molecule has 1 saturated heterocycles. The SMILES string of the molecule is CCOC(=O)COCCN1CC(C)N(C)C(C)C1. The Hall–Kier alpha value is -0.650. The summed E-state index contributed by atoms with van der Waals surface area (Å²) in [6.45, 7) is 10.3. The number of likely N-dealkylation sites (N-methyl/N-ethyl adjacent to an activating group) is 1. The predicted octanol–water partition coefficient (Wildman–Crippen LogP) is 0.591. The molecule has 1 fully saturated rings. The molecule has 5 nitrogen and oxygen atoms in total. The summed E-state index contributed by atoms with van der Waals surface area (Å²) in [6, 6.07) is 1.14. The van der Waals surface area contributed by atoms with Gasteiger partial charge in [0.2, 0.25) is 0 Å². The van der Waals surface area contributed by atoms with Crippen LogP contribution in [-0.4, -0.2) is 74.4 Å². The third kappa shape index (κ3) is 4.92. The number of hydrogen-bond donors (Lipinski definition) is 0. The van der Waals surface area contributed by atoms with E-state index < -0.39 is 0 Å². The minimum atomic E-state index is -0.280. The maximum absolute atomic E-state index is 11.1. The second-order valence-electron chi connectivity index (χ2n) is 4.98. The largest absolute Gasteiger partial charge is 0.464 e. The van der Waals surface area contributed by atoms with Crippen LogP contribution in [0.25, 0.3) is 0 Å². The lowest BCUT2D eigenvalue weighted by Crippen LogP contribution is -2.55. The van der Waals surface area contributed by atoms with Crippen LogP contribution in [0, 0.1) is 0 Å². The van der Waals surface area contributed by atoms with E-state index in [0.29, 0.717) is 25.3 Å². The highest BCUT2D eigenvalue weighted by Crippen LogP contribution is 2.12. The molecule has 1 aliphatic rings. The van der Waals surface area contributed by atoms with Gasteiger partial charge in [-0.2, -0.15) is 0 Å². The second-order valence-corrected chi connectivity index (χ2v) is 4.98. The molecule has 1 rings (SSSR count). The van der Waals surface area contributed by atoms with E-state index in [1.807, 2.05) is 0 Å². The van der Waals surface area contributed by atoms with Crippen LogP contribution in [-0.2, 0) is 14.3 Å². The molecular formula is C13H26N2O3. The van der Waals surface area contributed by atoms with Crippen molar-refractivity contribution in [1.82, 2.24) is 9.80 Å². The van der Waals surface area contributed by atoms with Gasteiger partial charge in [0, 0.05) is 31.7 Å².